The number of hydrazone groups is 2. The Balaban J connectivity index is 1.04. The zero-order valence-electron chi connectivity index (χ0n) is 25.4. The molecule has 0 bridgehead atoms. The number of aryl methyl sites for hydroxylation is 2. The third kappa shape index (κ3) is 6.58. The molecule has 0 radical (unpaired) electrons. The molecule has 0 unspecified atom stereocenters. The van der Waals surface area contributed by atoms with Crippen molar-refractivity contribution in [1.29, 1.82) is 0 Å². The highest BCUT2D eigenvalue weighted by molar-refractivity contribution is 7.99. The third-order valence-corrected chi connectivity index (χ3v) is 8.41. The minimum absolute atomic E-state index is 0.160. The Morgan fingerprint density at radius 3 is 1.24 bits per heavy atom. The highest BCUT2D eigenvalue weighted by atomic mass is 32.2. The van der Waals surface area contributed by atoms with Crippen LogP contribution in [0.15, 0.2) is 141 Å². The molecule has 2 N–H and O–H groups in total. The highest BCUT2D eigenvalue weighted by Gasteiger charge is 2.29. The lowest BCUT2D eigenvalue weighted by atomic mass is 10.2. The van der Waals surface area contributed by atoms with Gasteiger partial charge in [-0.1, -0.05) is 47.2 Å². The summed E-state index contributed by atoms with van der Waals surface area (Å²) in [5.74, 6) is -0.319. The highest BCUT2D eigenvalue weighted by Crippen LogP contribution is 2.30. The summed E-state index contributed by atoms with van der Waals surface area (Å²) in [6.45, 7) is 7.69. The number of benzene rings is 4. The standard InChI is InChI=1S/C36H32N6O2S/c1-23-5-13-29(14-6-23)41-35(43)33(25(3)39-41)21-37-27-9-17-31(18-10-27)45-32-19-11-28(12-20-32)38-22-34-26(4)40-42(36(34)44)30-15-7-24(2)8-16-30/h5-22,37-38H,1-4H3/b33-21-,34-22-. The molecule has 2 aliphatic rings. The molecule has 9 heteroatoms. The van der Waals surface area contributed by atoms with E-state index in [1.54, 1.807) is 24.2 Å². The second-order valence-corrected chi connectivity index (χ2v) is 12.0. The Kier molecular flexibility index (Phi) is 8.35. The molecule has 0 saturated carbocycles. The van der Waals surface area contributed by atoms with Gasteiger partial charge in [-0.3, -0.25) is 9.59 Å². The van der Waals surface area contributed by atoms with Crippen molar-refractivity contribution in [2.24, 2.45) is 10.2 Å². The molecule has 0 aromatic heterocycles. The van der Waals surface area contributed by atoms with Crippen LogP contribution in [0.5, 0.6) is 0 Å². The van der Waals surface area contributed by atoms with E-state index in [1.165, 1.54) is 10.0 Å². The molecule has 224 valence electrons. The van der Waals surface area contributed by atoms with Crippen molar-refractivity contribution in [3.63, 3.8) is 0 Å². The maximum Gasteiger partial charge on any atom is 0.282 e. The molecule has 2 heterocycles. The molecule has 0 aliphatic carbocycles. The van der Waals surface area contributed by atoms with Crippen molar-refractivity contribution in [2.75, 3.05) is 20.7 Å². The number of anilines is 4. The van der Waals surface area contributed by atoms with E-state index in [9.17, 15) is 9.59 Å². The van der Waals surface area contributed by atoms with Gasteiger partial charge in [-0.2, -0.15) is 20.2 Å². The minimum Gasteiger partial charge on any atom is -0.361 e. The van der Waals surface area contributed by atoms with Crippen LogP contribution in [-0.4, -0.2) is 23.2 Å². The average molecular weight is 613 g/mol. The van der Waals surface area contributed by atoms with Crippen LogP contribution in [0.4, 0.5) is 22.7 Å². The largest absolute Gasteiger partial charge is 0.361 e. The fraction of sp³-hybridized carbons (Fsp3) is 0.111. The number of hydrogen-bond acceptors (Lipinski definition) is 7. The number of carbonyl (C=O) groups excluding carboxylic acids is 2. The van der Waals surface area contributed by atoms with Crippen LogP contribution in [0.25, 0.3) is 0 Å². The van der Waals surface area contributed by atoms with E-state index in [4.69, 9.17) is 0 Å². The Morgan fingerprint density at radius 1 is 0.533 bits per heavy atom. The zero-order chi connectivity index (χ0) is 31.5. The van der Waals surface area contributed by atoms with Gasteiger partial charge >= 0.3 is 0 Å². The molecule has 0 saturated heterocycles. The molecule has 2 amide bonds. The monoisotopic (exact) mass is 612 g/mol. The Morgan fingerprint density at radius 2 is 0.889 bits per heavy atom. The molecule has 0 atom stereocenters. The van der Waals surface area contributed by atoms with Crippen LogP contribution in [0, 0.1) is 13.8 Å². The SMILES string of the molecule is CC1=NN(c2ccc(C)cc2)C(=O)/C1=C\Nc1ccc(Sc2ccc(N/C=C3\C(=O)N(c4ccc(C)cc4)N=C3C)cc2)cc1. The summed E-state index contributed by atoms with van der Waals surface area (Å²) < 4.78 is 0. The van der Waals surface area contributed by atoms with Crippen LogP contribution in [0.2, 0.25) is 0 Å². The molecule has 4 aromatic carbocycles. The summed E-state index contributed by atoms with van der Waals surface area (Å²) in [6, 6.07) is 31.5. The molecular weight excluding hydrogens is 581 g/mol. The zero-order valence-corrected chi connectivity index (χ0v) is 26.2. The van der Waals surface area contributed by atoms with E-state index in [0.29, 0.717) is 22.6 Å². The molecule has 6 rings (SSSR count). The van der Waals surface area contributed by atoms with E-state index in [0.717, 1.165) is 43.7 Å². The second kappa shape index (κ2) is 12.7. The van der Waals surface area contributed by atoms with E-state index in [1.807, 2.05) is 125 Å². The Hall–Kier alpha value is -5.41. The number of amides is 2. The first-order valence-corrected chi connectivity index (χ1v) is 15.3. The molecule has 0 spiro atoms. The van der Waals surface area contributed by atoms with Gasteiger partial charge in [0, 0.05) is 33.6 Å². The van der Waals surface area contributed by atoms with Gasteiger partial charge in [-0.25, -0.2) is 0 Å². The van der Waals surface area contributed by atoms with Gasteiger partial charge in [0.1, 0.15) is 0 Å². The number of nitrogens with zero attached hydrogens (tertiary/aromatic N) is 4. The van der Waals surface area contributed by atoms with Gasteiger partial charge < -0.3 is 10.6 Å². The topological polar surface area (TPSA) is 89.4 Å². The fourth-order valence-electron chi connectivity index (χ4n) is 4.78. The van der Waals surface area contributed by atoms with E-state index in [-0.39, 0.29) is 11.8 Å². The smallest absolute Gasteiger partial charge is 0.282 e. The summed E-state index contributed by atoms with van der Waals surface area (Å²) in [6.07, 6.45) is 3.43. The van der Waals surface area contributed by atoms with Gasteiger partial charge in [0.2, 0.25) is 0 Å². The normalized spacial score (nSPS) is 16.4. The van der Waals surface area contributed by atoms with E-state index < -0.39 is 0 Å². The maximum atomic E-state index is 13.0. The molecular formula is C36H32N6O2S. The summed E-state index contributed by atoms with van der Waals surface area (Å²) in [4.78, 5) is 28.1. The quantitative estimate of drug-likeness (QED) is 0.198. The number of nitrogens with one attached hydrogen (secondary N) is 2. The molecule has 4 aromatic rings. The fourth-order valence-corrected chi connectivity index (χ4v) is 5.59. The van der Waals surface area contributed by atoms with Crippen molar-refractivity contribution in [3.05, 3.63) is 132 Å². The first kappa shape index (κ1) is 29.7. The van der Waals surface area contributed by atoms with Crippen molar-refractivity contribution in [3.8, 4) is 0 Å². The molecule has 0 fully saturated rings. The summed E-state index contributed by atoms with van der Waals surface area (Å²) in [7, 11) is 0. The predicted octanol–water partition coefficient (Wildman–Crippen LogP) is 7.89. The Bertz CT molecular complexity index is 1740. The van der Waals surface area contributed by atoms with Crippen molar-refractivity contribution < 1.29 is 9.59 Å². The van der Waals surface area contributed by atoms with Gasteiger partial charge in [-0.15, -0.1) is 0 Å². The molecule has 45 heavy (non-hydrogen) atoms. The van der Waals surface area contributed by atoms with E-state index in [2.05, 4.69) is 20.8 Å². The van der Waals surface area contributed by atoms with Crippen molar-refractivity contribution in [1.82, 2.24) is 0 Å². The summed E-state index contributed by atoms with van der Waals surface area (Å²) in [5.41, 5.74) is 7.87. The van der Waals surface area contributed by atoms with Crippen LogP contribution in [-0.2, 0) is 9.59 Å². The maximum absolute atomic E-state index is 13.0. The van der Waals surface area contributed by atoms with Gasteiger partial charge in [0.25, 0.3) is 11.8 Å². The van der Waals surface area contributed by atoms with Crippen LogP contribution in [0.3, 0.4) is 0 Å². The van der Waals surface area contributed by atoms with E-state index >= 15 is 0 Å². The molecule has 2 aliphatic heterocycles. The lowest BCUT2D eigenvalue weighted by Gasteiger charge is -2.12. The number of rotatable bonds is 8. The van der Waals surface area contributed by atoms with Gasteiger partial charge in [-0.05, 0) is 100 Å². The van der Waals surface area contributed by atoms with Gasteiger partial charge in [0.15, 0.2) is 0 Å². The number of carbonyl (C=O) groups is 2. The van der Waals surface area contributed by atoms with Crippen LogP contribution < -0.4 is 20.7 Å². The molecule has 8 nitrogen and oxygen atoms in total. The predicted molar refractivity (Wildman–Crippen MR) is 184 cm³/mol. The van der Waals surface area contributed by atoms with Crippen molar-refractivity contribution >= 4 is 57.7 Å². The van der Waals surface area contributed by atoms with Gasteiger partial charge in [0.05, 0.1) is 33.9 Å². The first-order chi connectivity index (χ1) is 21.7. The van der Waals surface area contributed by atoms with Crippen molar-refractivity contribution in [2.45, 2.75) is 37.5 Å². The average Bonchev–Trinajstić information content (AvgIpc) is 3.49. The van der Waals surface area contributed by atoms with Crippen LogP contribution >= 0.6 is 11.8 Å². The first-order valence-electron chi connectivity index (χ1n) is 14.5. The lowest BCUT2D eigenvalue weighted by molar-refractivity contribution is -0.115. The second-order valence-electron chi connectivity index (χ2n) is 10.8. The third-order valence-electron chi connectivity index (χ3n) is 7.39. The Labute approximate surface area is 266 Å². The summed E-state index contributed by atoms with van der Waals surface area (Å²) in [5, 5.41) is 18.2. The van der Waals surface area contributed by atoms with Crippen LogP contribution in [0.1, 0.15) is 25.0 Å². The minimum atomic E-state index is -0.160. The number of hydrogen-bond donors (Lipinski definition) is 2. The summed E-state index contributed by atoms with van der Waals surface area (Å²) >= 11 is 1.64. The lowest BCUT2D eigenvalue weighted by Crippen LogP contribution is -2.21.